The van der Waals surface area contributed by atoms with Crippen LogP contribution in [-0.4, -0.2) is 33.9 Å². The molecule has 3 aromatic rings. The van der Waals surface area contributed by atoms with Gasteiger partial charge in [-0.15, -0.1) is 0 Å². The lowest BCUT2D eigenvalue weighted by atomic mass is 10.1. The number of nitrogens with one attached hydrogen (secondary N) is 2. The first kappa shape index (κ1) is 17.5. The number of piperidine rings is 1. The second kappa shape index (κ2) is 8.20. The first-order chi connectivity index (χ1) is 13.3. The number of anilines is 2. The van der Waals surface area contributed by atoms with E-state index in [9.17, 15) is 4.79 Å². The quantitative estimate of drug-likeness (QED) is 0.696. The number of aryl methyl sites for hydroxylation is 1. The highest BCUT2D eigenvalue weighted by molar-refractivity contribution is 5.89. The van der Waals surface area contributed by atoms with Crippen LogP contribution in [0.5, 0.6) is 0 Å². The Labute approximate surface area is 159 Å². The van der Waals surface area contributed by atoms with E-state index in [2.05, 4.69) is 25.2 Å². The lowest BCUT2D eigenvalue weighted by molar-refractivity contribution is -0.116. The molecular weight excluding hydrogens is 338 g/mol. The number of hydrogen-bond acceptors (Lipinski definition) is 4. The zero-order chi connectivity index (χ0) is 18.5. The number of hydrogen-bond donors (Lipinski definition) is 2. The molecule has 6 heteroatoms. The van der Waals surface area contributed by atoms with Crippen LogP contribution >= 0.6 is 0 Å². The van der Waals surface area contributed by atoms with E-state index in [0.29, 0.717) is 12.2 Å². The molecule has 6 nitrogen and oxygen atoms in total. The Bertz CT molecular complexity index is 863. The molecule has 0 spiro atoms. The molecule has 140 valence electrons. The minimum atomic E-state index is -0.00988. The molecule has 0 atom stereocenters. The molecule has 0 saturated carbocycles. The van der Waals surface area contributed by atoms with Crippen LogP contribution in [0.1, 0.15) is 37.9 Å². The van der Waals surface area contributed by atoms with Gasteiger partial charge in [-0.05, 0) is 49.9 Å². The summed E-state index contributed by atoms with van der Waals surface area (Å²) in [4.78, 5) is 26.8. The van der Waals surface area contributed by atoms with Gasteiger partial charge in [0.05, 0.1) is 22.9 Å². The number of imidazole rings is 1. The highest BCUT2D eigenvalue weighted by Gasteiger charge is 2.11. The molecule has 1 aromatic carbocycles. The largest absolute Gasteiger partial charge is 0.370 e. The van der Waals surface area contributed by atoms with E-state index in [1.807, 2.05) is 42.6 Å². The number of pyridine rings is 1. The van der Waals surface area contributed by atoms with Crippen molar-refractivity contribution in [1.82, 2.24) is 15.0 Å². The minimum absolute atomic E-state index is 0.00988. The van der Waals surface area contributed by atoms with Crippen molar-refractivity contribution in [3.05, 3.63) is 48.4 Å². The maximum Gasteiger partial charge on any atom is 0.225 e. The Morgan fingerprint density at radius 1 is 1.11 bits per heavy atom. The van der Waals surface area contributed by atoms with Gasteiger partial charge in [0.25, 0.3) is 0 Å². The molecule has 1 fully saturated rings. The van der Waals surface area contributed by atoms with Crippen molar-refractivity contribution >= 4 is 28.4 Å². The minimum Gasteiger partial charge on any atom is -0.370 e. The number of H-pyrrole nitrogens is 1. The summed E-state index contributed by atoms with van der Waals surface area (Å²) < 4.78 is 0. The van der Waals surface area contributed by atoms with E-state index in [0.717, 1.165) is 48.5 Å². The maximum absolute atomic E-state index is 12.2. The first-order valence-electron chi connectivity index (χ1n) is 9.72. The van der Waals surface area contributed by atoms with Gasteiger partial charge in [0.1, 0.15) is 11.6 Å². The van der Waals surface area contributed by atoms with Gasteiger partial charge in [0.15, 0.2) is 0 Å². The van der Waals surface area contributed by atoms with Crippen LogP contribution in [0.3, 0.4) is 0 Å². The molecule has 27 heavy (non-hydrogen) atoms. The third-order valence-electron chi connectivity index (χ3n) is 4.99. The van der Waals surface area contributed by atoms with Gasteiger partial charge in [-0.3, -0.25) is 4.79 Å². The molecule has 3 heterocycles. The molecule has 1 amide bonds. The average molecular weight is 363 g/mol. The Hall–Kier alpha value is -2.89. The standard InChI is InChI=1S/C21H25N5O/c27-21(10-6-9-20-23-17-7-2-3-8-18(17)24-20)25-19-12-11-16(15-22-19)26-13-4-1-5-14-26/h2-3,7-8,11-12,15H,1,4-6,9-10,13-14H2,(H,23,24)(H,22,25,27). The number of carbonyl (C=O) groups is 1. The van der Waals surface area contributed by atoms with Crippen molar-refractivity contribution in [2.45, 2.75) is 38.5 Å². The van der Waals surface area contributed by atoms with E-state index in [-0.39, 0.29) is 5.91 Å². The van der Waals surface area contributed by atoms with E-state index < -0.39 is 0 Å². The molecule has 0 aliphatic carbocycles. The Morgan fingerprint density at radius 2 is 1.96 bits per heavy atom. The summed E-state index contributed by atoms with van der Waals surface area (Å²) in [6.45, 7) is 2.18. The molecule has 0 bridgehead atoms. The number of nitrogens with zero attached hydrogens (tertiary/aromatic N) is 3. The Kier molecular flexibility index (Phi) is 5.32. The number of aromatic nitrogens is 3. The molecule has 0 radical (unpaired) electrons. The smallest absolute Gasteiger partial charge is 0.225 e. The number of para-hydroxylation sites is 2. The lowest BCUT2D eigenvalue weighted by Gasteiger charge is -2.28. The van der Waals surface area contributed by atoms with Crippen molar-refractivity contribution in [1.29, 1.82) is 0 Å². The Balaban J connectivity index is 1.25. The number of rotatable bonds is 6. The summed E-state index contributed by atoms with van der Waals surface area (Å²) in [7, 11) is 0. The van der Waals surface area contributed by atoms with Crippen LogP contribution in [-0.2, 0) is 11.2 Å². The van der Waals surface area contributed by atoms with E-state index in [1.165, 1.54) is 19.3 Å². The van der Waals surface area contributed by atoms with Crippen LogP contribution in [0.25, 0.3) is 11.0 Å². The molecule has 1 saturated heterocycles. The first-order valence-corrected chi connectivity index (χ1v) is 9.72. The highest BCUT2D eigenvalue weighted by Crippen LogP contribution is 2.20. The van der Waals surface area contributed by atoms with Crippen molar-refractivity contribution in [2.24, 2.45) is 0 Å². The molecule has 4 rings (SSSR count). The third kappa shape index (κ3) is 4.45. The maximum atomic E-state index is 12.2. The van der Waals surface area contributed by atoms with E-state index >= 15 is 0 Å². The molecular formula is C21H25N5O. The van der Waals surface area contributed by atoms with Crippen molar-refractivity contribution < 1.29 is 4.79 Å². The predicted molar refractivity (Wildman–Crippen MR) is 108 cm³/mol. The molecule has 1 aliphatic heterocycles. The summed E-state index contributed by atoms with van der Waals surface area (Å²) in [6.07, 6.45) is 7.60. The van der Waals surface area contributed by atoms with Crippen LogP contribution < -0.4 is 10.2 Å². The number of amides is 1. The fraction of sp³-hybridized carbons (Fsp3) is 0.381. The topological polar surface area (TPSA) is 73.9 Å². The van der Waals surface area contributed by atoms with Gasteiger partial charge in [-0.25, -0.2) is 9.97 Å². The number of benzene rings is 1. The number of fused-ring (bicyclic) bond motifs is 1. The molecule has 1 aliphatic rings. The number of aromatic amines is 1. The molecule has 2 N–H and O–H groups in total. The zero-order valence-electron chi connectivity index (χ0n) is 15.4. The summed E-state index contributed by atoms with van der Waals surface area (Å²) >= 11 is 0. The normalized spacial score (nSPS) is 14.4. The Morgan fingerprint density at radius 3 is 2.74 bits per heavy atom. The van der Waals surface area contributed by atoms with Gasteiger partial charge in [-0.2, -0.15) is 0 Å². The predicted octanol–water partition coefficient (Wildman–Crippen LogP) is 3.91. The van der Waals surface area contributed by atoms with Crippen LogP contribution in [0.4, 0.5) is 11.5 Å². The van der Waals surface area contributed by atoms with Gasteiger partial charge < -0.3 is 15.2 Å². The van der Waals surface area contributed by atoms with Gasteiger partial charge in [-0.1, -0.05) is 12.1 Å². The van der Waals surface area contributed by atoms with Crippen molar-refractivity contribution in [2.75, 3.05) is 23.3 Å². The lowest BCUT2D eigenvalue weighted by Crippen LogP contribution is -2.29. The summed E-state index contributed by atoms with van der Waals surface area (Å²) in [5.74, 6) is 1.53. The SMILES string of the molecule is O=C(CCCc1nc2ccccc2[nH]1)Nc1ccc(N2CCCCC2)cn1. The van der Waals surface area contributed by atoms with Crippen LogP contribution in [0, 0.1) is 0 Å². The van der Waals surface area contributed by atoms with E-state index in [1.54, 1.807) is 0 Å². The van der Waals surface area contributed by atoms with Crippen LogP contribution in [0.2, 0.25) is 0 Å². The fourth-order valence-corrected chi connectivity index (χ4v) is 3.54. The van der Waals surface area contributed by atoms with Gasteiger partial charge in [0, 0.05) is 25.9 Å². The zero-order valence-corrected chi connectivity index (χ0v) is 15.4. The molecule has 2 aromatic heterocycles. The second-order valence-electron chi connectivity index (χ2n) is 7.05. The fourth-order valence-electron chi connectivity index (χ4n) is 3.54. The third-order valence-corrected chi connectivity index (χ3v) is 4.99. The summed E-state index contributed by atoms with van der Waals surface area (Å²) in [6, 6.07) is 11.9. The van der Waals surface area contributed by atoms with Gasteiger partial charge in [0.2, 0.25) is 5.91 Å². The number of carbonyl (C=O) groups excluding carboxylic acids is 1. The monoisotopic (exact) mass is 363 g/mol. The highest BCUT2D eigenvalue weighted by atomic mass is 16.1. The average Bonchev–Trinajstić information content (AvgIpc) is 3.12. The van der Waals surface area contributed by atoms with Gasteiger partial charge >= 0.3 is 0 Å². The van der Waals surface area contributed by atoms with Crippen molar-refractivity contribution in [3.8, 4) is 0 Å². The van der Waals surface area contributed by atoms with Crippen LogP contribution in [0.15, 0.2) is 42.6 Å². The van der Waals surface area contributed by atoms with Crippen molar-refractivity contribution in [3.63, 3.8) is 0 Å². The van der Waals surface area contributed by atoms with E-state index in [4.69, 9.17) is 0 Å². The summed E-state index contributed by atoms with van der Waals surface area (Å²) in [5.41, 5.74) is 3.14. The second-order valence-corrected chi connectivity index (χ2v) is 7.05. The molecule has 0 unspecified atom stereocenters. The summed E-state index contributed by atoms with van der Waals surface area (Å²) in [5, 5.41) is 2.89.